The smallest absolute Gasteiger partial charge is 0.0986 e. The Balaban J connectivity index is 1.77. The molecule has 1 saturated carbocycles. The first-order valence-corrected chi connectivity index (χ1v) is 8.06. The van der Waals surface area contributed by atoms with Crippen molar-refractivity contribution in [3.05, 3.63) is 17.5 Å². The summed E-state index contributed by atoms with van der Waals surface area (Å²) < 4.78 is 7.93. The molecule has 4 nitrogen and oxygen atoms in total. The fraction of sp³-hybridized carbons (Fsp3) is 0.812. The summed E-state index contributed by atoms with van der Waals surface area (Å²) in [4.78, 5) is 0. The number of aromatic nitrogens is 2. The van der Waals surface area contributed by atoms with Crippen molar-refractivity contribution in [3.63, 3.8) is 0 Å². The van der Waals surface area contributed by atoms with E-state index in [1.54, 1.807) is 0 Å². The zero-order valence-corrected chi connectivity index (χ0v) is 12.6. The van der Waals surface area contributed by atoms with Crippen LogP contribution in [-0.2, 0) is 17.7 Å². The quantitative estimate of drug-likeness (QED) is 0.921. The predicted molar refractivity (Wildman–Crippen MR) is 77.5 cm³/mol. The Labute approximate surface area is 121 Å². The lowest BCUT2D eigenvalue weighted by Gasteiger charge is -2.48. The van der Waals surface area contributed by atoms with E-state index in [2.05, 4.69) is 25.0 Å². The first-order chi connectivity index (χ1) is 9.67. The molecule has 1 aliphatic carbocycles. The maximum absolute atomic E-state index is 10.8. The summed E-state index contributed by atoms with van der Waals surface area (Å²) in [5.74, 6) is 0.316. The number of nitrogens with zero attached hydrogens (tertiary/aromatic N) is 2. The van der Waals surface area contributed by atoms with Crippen LogP contribution in [0.15, 0.2) is 6.07 Å². The number of hydrogen-bond acceptors (Lipinski definition) is 3. The summed E-state index contributed by atoms with van der Waals surface area (Å²) in [7, 11) is 0. The molecule has 3 rings (SSSR count). The lowest BCUT2D eigenvalue weighted by Crippen LogP contribution is -2.46. The van der Waals surface area contributed by atoms with E-state index in [0.717, 1.165) is 43.8 Å². The summed E-state index contributed by atoms with van der Waals surface area (Å²) in [5, 5.41) is 15.4. The average molecular weight is 278 g/mol. The van der Waals surface area contributed by atoms with Crippen LogP contribution >= 0.6 is 0 Å². The molecule has 1 spiro atoms. The molecule has 1 aliphatic heterocycles. The molecule has 1 aromatic rings. The highest BCUT2D eigenvalue weighted by molar-refractivity contribution is 5.14. The van der Waals surface area contributed by atoms with Crippen LogP contribution in [0.2, 0.25) is 0 Å². The summed E-state index contributed by atoms with van der Waals surface area (Å²) in [6, 6.07) is 2.08. The third kappa shape index (κ3) is 2.40. The standard InChI is InChI=1S/C16H26N2O2/c1-3-13-10-14(18(4-2)17-13)15(19)12-6-9-20-16(11-12)7-5-8-16/h10,12,15,19H,3-9,11H2,1-2H3. The molecule has 4 heteroatoms. The minimum Gasteiger partial charge on any atom is -0.387 e. The van der Waals surface area contributed by atoms with Crippen LogP contribution in [0.1, 0.15) is 63.4 Å². The zero-order valence-electron chi connectivity index (χ0n) is 12.6. The number of hydrogen-bond donors (Lipinski definition) is 1. The molecule has 1 aromatic heterocycles. The first-order valence-electron chi connectivity index (χ1n) is 8.06. The Morgan fingerprint density at radius 1 is 1.50 bits per heavy atom. The maximum atomic E-state index is 10.8. The molecular weight excluding hydrogens is 252 g/mol. The molecule has 1 saturated heterocycles. The number of ether oxygens (including phenoxy) is 1. The Bertz CT molecular complexity index is 465. The van der Waals surface area contributed by atoms with Crippen LogP contribution in [0.5, 0.6) is 0 Å². The van der Waals surface area contributed by atoms with Gasteiger partial charge in [-0.2, -0.15) is 5.10 Å². The Kier molecular flexibility index (Phi) is 3.87. The van der Waals surface area contributed by atoms with Gasteiger partial charge in [0.2, 0.25) is 0 Å². The Morgan fingerprint density at radius 3 is 2.90 bits per heavy atom. The lowest BCUT2D eigenvalue weighted by molar-refractivity contribution is -0.157. The van der Waals surface area contributed by atoms with Gasteiger partial charge < -0.3 is 9.84 Å². The Morgan fingerprint density at radius 2 is 2.30 bits per heavy atom. The molecule has 2 atom stereocenters. The molecule has 2 heterocycles. The van der Waals surface area contributed by atoms with Crippen molar-refractivity contribution in [2.45, 2.75) is 70.6 Å². The van der Waals surface area contributed by atoms with Gasteiger partial charge in [-0.25, -0.2) is 0 Å². The first kappa shape index (κ1) is 14.1. The maximum Gasteiger partial charge on any atom is 0.0986 e. The van der Waals surface area contributed by atoms with Crippen molar-refractivity contribution < 1.29 is 9.84 Å². The Hall–Kier alpha value is -0.870. The van der Waals surface area contributed by atoms with Crippen LogP contribution in [-0.4, -0.2) is 27.1 Å². The van der Waals surface area contributed by atoms with E-state index in [0.29, 0.717) is 5.92 Å². The average Bonchev–Trinajstić information content (AvgIpc) is 2.88. The van der Waals surface area contributed by atoms with Crippen LogP contribution in [0.25, 0.3) is 0 Å². The van der Waals surface area contributed by atoms with Gasteiger partial charge in [0.15, 0.2) is 0 Å². The molecule has 1 N–H and O–H groups in total. The minimum absolute atomic E-state index is 0.0918. The number of aliphatic hydroxyl groups excluding tert-OH is 1. The van der Waals surface area contributed by atoms with Crippen molar-refractivity contribution in [2.75, 3.05) is 6.61 Å². The summed E-state index contributed by atoms with van der Waals surface area (Å²) >= 11 is 0. The van der Waals surface area contributed by atoms with Crippen LogP contribution in [0.4, 0.5) is 0 Å². The third-order valence-corrected chi connectivity index (χ3v) is 5.07. The topological polar surface area (TPSA) is 47.3 Å². The van der Waals surface area contributed by atoms with Gasteiger partial charge in [-0.05, 0) is 57.4 Å². The second kappa shape index (κ2) is 5.49. The molecule has 0 amide bonds. The van der Waals surface area contributed by atoms with E-state index in [4.69, 9.17) is 4.74 Å². The van der Waals surface area contributed by atoms with Crippen LogP contribution < -0.4 is 0 Å². The van der Waals surface area contributed by atoms with Gasteiger partial charge in [-0.15, -0.1) is 0 Å². The summed E-state index contributed by atoms with van der Waals surface area (Å²) in [6.07, 6.45) is 6.10. The van der Waals surface area contributed by atoms with Gasteiger partial charge in [0.1, 0.15) is 0 Å². The van der Waals surface area contributed by atoms with Gasteiger partial charge in [-0.3, -0.25) is 4.68 Å². The van der Waals surface area contributed by atoms with Crippen LogP contribution in [0.3, 0.4) is 0 Å². The number of rotatable bonds is 4. The fourth-order valence-electron chi connectivity index (χ4n) is 3.65. The molecule has 2 fully saturated rings. The van der Waals surface area contributed by atoms with Gasteiger partial charge >= 0.3 is 0 Å². The zero-order chi connectivity index (χ0) is 14.2. The minimum atomic E-state index is -0.399. The molecule has 0 bridgehead atoms. The van der Waals surface area contributed by atoms with E-state index in [-0.39, 0.29) is 5.60 Å². The summed E-state index contributed by atoms with van der Waals surface area (Å²) in [5.41, 5.74) is 2.16. The van der Waals surface area contributed by atoms with Crippen molar-refractivity contribution >= 4 is 0 Å². The second-order valence-corrected chi connectivity index (χ2v) is 6.31. The van der Waals surface area contributed by atoms with Crippen molar-refractivity contribution in [2.24, 2.45) is 5.92 Å². The SMILES string of the molecule is CCc1cc(C(O)C2CCOC3(CCC3)C2)n(CC)n1. The fourth-order valence-corrected chi connectivity index (χ4v) is 3.65. The molecule has 0 aromatic carbocycles. The van der Waals surface area contributed by atoms with Crippen molar-refractivity contribution in [3.8, 4) is 0 Å². The van der Waals surface area contributed by atoms with Gasteiger partial charge in [0, 0.05) is 13.2 Å². The number of aliphatic hydroxyl groups is 1. The lowest BCUT2D eigenvalue weighted by atomic mass is 9.70. The van der Waals surface area contributed by atoms with Gasteiger partial charge in [-0.1, -0.05) is 6.92 Å². The normalized spacial score (nSPS) is 26.4. The molecule has 0 radical (unpaired) electrons. The molecular formula is C16H26N2O2. The van der Waals surface area contributed by atoms with E-state index < -0.39 is 6.10 Å². The molecule has 2 aliphatic rings. The molecule has 112 valence electrons. The molecule has 20 heavy (non-hydrogen) atoms. The van der Waals surface area contributed by atoms with Crippen LogP contribution in [0, 0.1) is 5.92 Å². The third-order valence-electron chi connectivity index (χ3n) is 5.07. The van der Waals surface area contributed by atoms with E-state index in [1.807, 2.05) is 4.68 Å². The van der Waals surface area contributed by atoms with Crippen molar-refractivity contribution in [1.82, 2.24) is 9.78 Å². The van der Waals surface area contributed by atoms with E-state index >= 15 is 0 Å². The predicted octanol–water partition coefficient (Wildman–Crippen LogP) is 2.85. The number of aryl methyl sites for hydroxylation is 2. The molecule has 2 unspecified atom stereocenters. The van der Waals surface area contributed by atoms with Gasteiger partial charge in [0.25, 0.3) is 0 Å². The monoisotopic (exact) mass is 278 g/mol. The second-order valence-electron chi connectivity index (χ2n) is 6.31. The largest absolute Gasteiger partial charge is 0.387 e. The van der Waals surface area contributed by atoms with Crippen molar-refractivity contribution in [1.29, 1.82) is 0 Å². The summed E-state index contributed by atoms with van der Waals surface area (Å²) in [6.45, 7) is 5.81. The van der Waals surface area contributed by atoms with E-state index in [9.17, 15) is 5.11 Å². The van der Waals surface area contributed by atoms with E-state index in [1.165, 1.54) is 19.3 Å². The van der Waals surface area contributed by atoms with Gasteiger partial charge in [0.05, 0.1) is 23.1 Å². The highest BCUT2D eigenvalue weighted by atomic mass is 16.5. The highest BCUT2D eigenvalue weighted by Crippen LogP contribution is 2.47. The highest BCUT2D eigenvalue weighted by Gasteiger charge is 2.44.